The van der Waals surface area contributed by atoms with E-state index < -0.39 is 0 Å². The van der Waals surface area contributed by atoms with Crippen LogP contribution in [0.4, 0.5) is 0 Å². The predicted molar refractivity (Wildman–Crippen MR) is 95.2 cm³/mol. The Labute approximate surface area is 143 Å². The maximum Gasteiger partial charge on any atom is 0.240 e. The molecule has 0 bridgehead atoms. The van der Waals surface area contributed by atoms with E-state index in [-0.39, 0.29) is 24.4 Å². The average Bonchev–Trinajstić information content (AvgIpc) is 2.91. The lowest BCUT2D eigenvalue weighted by Gasteiger charge is -2.24. The van der Waals surface area contributed by atoms with Crippen LogP contribution in [0.3, 0.4) is 0 Å². The highest BCUT2D eigenvalue weighted by Gasteiger charge is 2.25. The summed E-state index contributed by atoms with van der Waals surface area (Å²) in [6.07, 6.45) is 2.21. The zero-order chi connectivity index (χ0) is 16.8. The Hall–Kier alpha value is -1.49. The molecule has 126 valence electrons. The first-order valence-electron chi connectivity index (χ1n) is 8.25. The molecule has 4 nitrogen and oxygen atoms in total. The molecule has 1 aliphatic heterocycles. The largest absolute Gasteiger partial charge is 0.347 e. The molecule has 1 aliphatic rings. The zero-order valence-electron chi connectivity index (χ0n) is 14.2. The molecule has 1 atom stereocenters. The van der Waals surface area contributed by atoms with E-state index in [4.69, 9.17) is 0 Å². The molecule has 2 rings (SSSR count). The summed E-state index contributed by atoms with van der Waals surface area (Å²) in [5.74, 6) is 1.36. The molecule has 0 radical (unpaired) electrons. The van der Waals surface area contributed by atoms with Gasteiger partial charge in [0.2, 0.25) is 11.8 Å². The molecule has 0 saturated carbocycles. The summed E-state index contributed by atoms with van der Waals surface area (Å²) in [6, 6.07) is 8.46. The molecule has 5 heteroatoms. The summed E-state index contributed by atoms with van der Waals surface area (Å²) in [5.41, 5.74) is 2.44. The number of benzene rings is 1. The van der Waals surface area contributed by atoms with Crippen LogP contribution in [-0.2, 0) is 16.0 Å². The van der Waals surface area contributed by atoms with E-state index in [9.17, 15) is 9.59 Å². The first kappa shape index (κ1) is 17.9. The van der Waals surface area contributed by atoms with Crippen LogP contribution < -0.4 is 5.32 Å². The maximum atomic E-state index is 12.3. The van der Waals surface area contributed by atoms with Crippen LogP contribution in [0.1, 0.15) is 44.4 Å². The normalized spacial score (nSPS) is 16.0. The minimum Gasteiger partial charge on any atom is -0.347 e. The second kappa shape index (κ2) is 8.39. The second-order valence-electron chi connectivity index (χ2n) is 6.35. The van der Waals surface area contributed by atoms with Gasteiger partial charge in [-0.2, -0.15) is 0 Å². The van der Waals surface area contributed by atoms with Crippen LogP contribution in [0.25, 0.3) is 0 Å². The quantitative estimate of drug-likeness (QED) is 0.834. The fourth-order valence-corrected chi connectivity index (χ4v) is 3.65. The molecule has 0 unspecified atom stereocenters. The molecule has 1 N–H and O–H groups in total. The highest BCUT2D eigenvalue weighted by atomic mass is 32.2. The van der Waals surface area contributed by atoms with Gasteiger partial charge in [-0.05, 0) is 23.5 Å². The maximum absolute atomic E-state index is 12.3. The van der Waals surface area contributed by atoms with Gasteiger partial charge in [0.05, 0.1) is 17.7 Å². The number of carbonyl (C=O) groups is 2. The first-order valence-corrected chi connectivity index (χ1v) is 9.40. The average molecular weight is 334 g/mol. The number of rotatable bonds is 7. The van der Waals surface area contributed by atoms with Gasteiger partial charge in [-0.1, -0.05) is 51.5 Å². The summed E-state index contributed by atoms with van der Waals surface area (Å²) in [7, 11) is 0. The van der Waals surface area contributed by atoms with E-state index in [0.717, 1.165) is 18.4 Å². The fourth-order valence-electron chi connectivity index (χ4n) is 2.75. The number of thioether (sulfide) groups is 1. The molecule has 0 spiro atoms. The van der Waals surface area contributed by atoms with Gasteiger partial charge in [0.15, 0.2) is 0 Å². The van der Waals surface area contributed by atoms with Crippen LogP contribution in [0.5, 0.6) is 0 Å². The molecule has 0 aromatic heterocycles. The van der Waals surface area contributed by atoms with Gasteiger partial charge in [-0.3, -0.25) is 9.59 Å². The van der Waals surface area contributed by atoms with Gasteiger partial charge in [0.25, 0.3) is 0 Å². The SMILES string of the molecule is CCCc1ccc([C@@H](NC(=O)CN2CSCC2=O)C(C)C)cc1. The van der Waals surface area contributed by atoms with Crippen LogP contribution >= 0.6 is 11.8 Å². The van der Waals surface area contributed by atoms with Crippen molar-refractivity contribution < 1.29 is 9.59 Å². The lowest BCUT2D eigenvalue weighted by molar-refractivity contribution is -0.132. The summed E-state index contributed by atoms with van der Waals surface area (Å²) >= 11 is 1.56. The standard InChI is InChI=1S/C18H26N2O2S/c1-4-5-14-6-8-15(9-7-14)18(13(2)3)19-16(21)10-20-12-23-11-17(20)22/h6-9,13,18H,4-5,10-12H2,1-3H3,(H,19,21)/t18-/m0/s1. The Morgan fingerprint density at radius 3 is 2.52 bits per heavy atom. The minimum atomic E-state index is -0.0859. The Balaban J connectivity index is 2.00. The topological polar surface area (TPSA) is 49.4 Å². The number of carbonyl (C=O) groups excluding carboxylic acids is 2. The number of nitrogens with zero attached hydrogens (tertiary/aromatic N) is 1. The number of hydrogen-bond donors (Lipinski definition) is 1. The third-order valence-electron chi connectivity index (χ3n) is 4.02. The number of nitrogens with one attached hydrogen (secondary N) is 1. The highest BCUT2D eigenvalue weighted by Crippen LogP contribution is 2.23. The summed E-state index contributed by atoms with van der Waals surface area (Å²) in [4.78, 5) is 25.5. The van der Waals surface area contributed by atoms with Gasteiger partial charge in [-0.25, -0.2) is 0 Å². The molecule has 1 aromatic carbocycles. The van der Waals surface area contributed by atoms with E-state index >= 15 is 0 Å². The third-order valence-corrected chi connectivity index (χ3v) is 4.97. The molecular formula is C18H26N2O2S. The van der Waals surface area contributed by atoms with Crippen molar-refractivity contribution in [3.63, 3.8) is 0 Å². The van der Waals surface area contributed by atoms with Crippen molar-refractivity contribution in [2.75, 3.05) is 18.2 Å². The van der Waals surface area contributed by atoms with E-state index in [2.05, 4.69) is 50.4 Å². The predicted octanol–water partition coefficient (Wildman–Crippen LogP) is 2.99. The van der Waals surface area contributed by atoms with Gasteiger partial charge < -0.3 is 10.2 Å². The smallest absolute Gasteiger partial charge is 0.240 e. The van der Waals surface area contributed by atoms with E-state index in [1.54, 1.807) is 16.7 Å². The molecule has 1 heterocycles. The third kappa shape index (κ3) is 4.99. The number of amides is 2. The molecule has 1 aromatic rings. The second-order valence-corrected chi connectivity index (χ2v) is 7.31. The molecular weight excluding hydrogens is 308 g/mol. The summed E-state index contributed by atoms with van der Waals surface area (Å²) < 4.78 is 0. The van der Waals surface area contributed by atoms with Crippen LogP contribution in [0.2, 0.25) is 0 Å². The Kier molecular flexibility index (Phi) is 6.51. The van der Waals surface area contributed by atoms with Gasteiger partial charge in [0.1, 0.15) is 6.54 Å². The van der Waals surface area contributed by atoms with Gasteiger partial charge in [0, 0.05) is 0 Å². The van der Waals surface area contributed by atoms with Crippen molar-refractivity contribution in [1.82, 2.24) is 10.2 Å². The molecule has 0 aliphatic carbocycles. The molecule has 1 fully saturated rings. The summed E-state index contributed by atoms with van der Waals surface area (Å²) in [6.45, 7) is 6.52. The van der Waals surface area contributed by atoms with E-state index in [1.165, 1.54) is 5.56 Å². The Morgan fingerprint density at radius 2 is 2.00 bits per heavy atom. The number of hydrogen-bond acceptors (Lipinski definition) is 3. The van der Waals surface area contributed by atoms with Crippen molar-refractivity contribution >= 4 is 23.6 Å². The monoisotopic (exact) mass is 334 g/mol. The Bertz CT molecular complexity index is 542. The van der Waals surface area contributed by atoms with Crippen molar-refractivity contribution in [1.29, 1.82) is 0 Å². The van der Waals surface area contributed by atoms with E-state index in [0.29, 0.717) is 17.5 Å². The van der Waals surface area contributed by atoms with Crippen molar-refractivity contribution in [3.8, 4) is 0 Å². The van der Waals surface area contributed by atoms with Crippen LogP contribution in [0.15, 0.2) is 24.3 Å². The zero-order valence-corrected chi connectivity index (χ0v) is 15.0. The fraction of sp³-hybridized carbons (Fsp3) is 0.556. The van der Waals surface area contributed by atoms with Crippen LogP contribution in [0, 0.1) is 5.92 Å². The van der Waals surface area contributed by atoms with E-state index in [1.807, 2.05) is 0 Å². The molecule has 1 saturated heterocycles. The summed E-state index contributed by atoms with van der Waals surface area (Å²) in [5, 5.41) is 3.09. The minimum absolute atomic E-state index is 0.0245. The Morgan fingerprint density at radius 1 is 1.30 bits per heavy atom. The lowest BCUT2D eigenvalue weighted by Crippen LogP contribution is -2.40. The number of aryl methyl sites for hydroxylation is 1. The molecule has 23 heavy (non-hydrogen) atoms. The van der Waals surface area contributed by atoms with Gasteiger partial charge in [-0.15, -0.1) is 11.8 Å². The van der Waals surface area contributed by atoms with Crippen LogP contribution in [-0.4, -0.2) is 34.9 Å². The first-order chi connectivity index (χ1) is 11.0. The highest BCUT2D eigenvalue weighted by molar-refractivity contribution is 8.00. The van der Waals surface area contributed by atoms with Crippen molar-refractivity contribution in [2.24, 2.45) is 5.92 Å². The molecule has 2 amide bonds. The lowest BCUT2D eigenvalue weighted by atomic mass is 9.94. The van der Waals surface area contributed by atoms with Crippen molar-refractivity contribution in [3.05, 3.63) is 35.4 Å². The van der Waals surface area contributed by atoms with Crippen molar-refractivity contribution in [2.45, 2.75) is 39.7 Å². The van der Waals surface area contributed by atoms with Gasteiger partial charge >= 0.3 is 0 Å².